The number of esters is 1. The van der Waals surface area contributed by atoms with Gasteiger partial charge in [0, 0.05) is 6.20 Å². The lowest BCUT2D eigenvalue weighted by Gasteiger charge is -2.09. The smallest absolute Gasteiger partial charge is 0.307 e. The first kappa shape index (κ1) is 10.1. The van der Waals surface area contributed by atoms with Crippen LogP contribution in [0.15, 0.2) is 12.4 Å². The topological polar surface area (TPSA) is 44.1 Å². The van der Waals surface area contributed by atoms with E-state index >= 15 is 0 Å². The van der Waals surface area contributed by atoms with Gasteiger partial charge in [0.25, 0.3) is 0 Å². The highest BCUT2D eigenvalue weighted by Gasteiger charge is 2.11. The molecule has 1 aromatic heterocycles. The zero-order valence-electron chi connectivity index (χ0n) is 7.53. The summed E-state index contributed by atoms with van der Waals surface area (Å²) >= 11 is 5.68. The van der Waals surface area contributed by atoms with E-state index in [2.05, 4.69) is 9.84 Å². The molecule has 1 atom stereocenters. The van der Waals surface area contributed by atoms with Gasteiger partial charge in [0.2, 0.25) is 0 Å². The molecule has 5 heteroatoms. The van der Waals surface area contributed by atoms with Gasteiger partial charge in [-0.15, -0.1) is 0 Å². The fourth-order valence-electron chi connectivity index (χ4n) is 0.974. The van der Waals surface area contributed by atoms with E-state index in [1.54, 1.807) is 10.9 Å². The Balaban J connectivity index is 2.58. The molecule has 0 saturated carbocycles. The van der Waals surface area contributed by atoms with Crippen molar-refractivity contribution < 1.29 is 9.53 Å². The number of ether oxygens (including phenoxy) is 1. The Bertz CT molecular complexity index is 298. The molecular formula is C8H11ClN2O2. The molecule has 1 heterocycles. The van der Waals surface area contributed by atoms with Gasteiger partial charge in [-0.05, 0) is 6.92 Å². The van der Waals surface area contributed by atoms with Gasteiger partial charge < -0.3 is 4.74 Å². The average Bonchev–Trinajstić information content (AvgIpc) is 2.51. The summed E-state index contributed by atoms with van der Waals surface area (Å²) in [6.45, 7) is 1.88. The molecule has 0 aliphatic rings. The molecule has 0 aliphatic heterocycles. The number of carbonyl (C=O) groups excluding carboxylic acids is 1. The quantitative estimate of drug-likeness (QED) is 0.701. The summed E-state index contributed by atoms with van der Waals surface area (Å²) in [5, 5.41) is 4.55. The van der Waals surface area contributed by atoms with Crippen LogP contribution in [0, 0.1) is 0 Å². The average molecular weight is 203 g/mol. The van der Waals surface area contributed by atoms with Crippen LogP contribution >= 0.6 is 11.6 Å². The lowest BCUT2D eigenvalue weighted by Crippen LogP contribution is -2.12. The molecule has 0 fully saturated rings. The van der Waals surface area contributed by atoms with Gasteiger partial charge in [-0.1, -0.05) is 11.6 Å². The predicted molar refractivity (Wildman–Crippen MR) is 48.6 cm³/mol. The normalized spacial score (nSPS) is 12.5. The maximum Gasteiger partial charge on any atom is 0.307 e. The number of halogens is 1. The van der Waals surface area contributed by atoms with E-state index in [9.17, 15) is 4.79 Å². The Morgan fingerprint density at radius 3 is 3.00 bits per heavy atom. The molecule has 1 aromatic rings. The minimum atomic E-state index is -0.251. The summed E-state index contributed by atoms with van der Waals surface area (Å²) in [4.78, 5) is 10.9. The fraction of sp³-hybridized carbons (Fsp3) is 0.500. The summed E-state index contributed by atoms with van der Waals surface area (Å²) < 4.78 is 6.17. The van der Waals surface area contributed by atoms with Crippen molar-refractivity contribution in [2.45, 2.75) is 19.4 Å². The highest BCUT2D eigenvalue weighted by atomic mass is 35.5. The van der Waals surface area contributed by atoms with Crippen molar-refractivity contribution in [3.8, 4) is 0 Å². The van der Waals surface area contributed by atoms with Crippen molar-refractivity contribution in [3.05, 3.63) is 17.4 Å². The number of aromatic nitrogens is 2. The van der Waals surface area contributed by atoms with E-state index in [4.69, 9.17) is 11.6 Å². The zero-order chi connectivity index (χ0) is 9.84. The second-order valence-corrected chi connectivity index (χ2v) is 3.20. The van der Waals surface area contributed by atoms with Gasteiger partial charge in [0.15, 0.2) is 0 Å². The zero-order valence-corrected chi connectivity index (χ0v) is 8.28. The van der Waals surface area contributed by atoms with Crippen LogP contribution in [0.5, 0.6) is 0 Å². The molecule has 4 nitrogen and oxygen atoms in total. The number of rotatable bonds is 3. The van der Waals surface area contributed by atoms with Crippen LogP contribution in [0.3, 0.4) is 0 Å². The molecule has 13 heavy (non-hydrogen) atoms. The Morgan fingerprint density at radius 2 is 2.54 bits per heavy atom. The van der Waals surface area contributed by atoms with Crippen LogP contribution < -0.4 is 0 Å². The van der Waals surface area contributed by atoms with Crippen LogP contribution in [0.2, 0.25) is 5.02 Å². The largest absolute Gasteiger partial charge is 0.469 e. The number of nitrogens with zero attached hydrogens (tertiary/aromatic N) is 2. The second-order valence-electron chi connectivity index (χ2n) is 2.77. The van der Waals surface area contributed by atoms with Crippen LogP contribution in [0.4, 0.5) is 0 Å². The third-order valence-electron chi connectivity index (χ3n) is 1.71. The van der Waals surface area contributed by atoms with Crippen LogP contribution in [-0.4, -0.2) is 22.9 Å². The number of carbonyl (C=O) groups is 1. The van der Waals surface area contributed by atoms with Crippen LogP contribution in [0.25, 0.3) is 0 Å². The maximum absolute atomic E-state index is 10.9. The van der Waals surface area contributed by atoms with Crippen LogP contribution in [-0.2, 0) is 9.53 Å². The molecule has 0 bridgehead atoms. The molecule has 0 spiro atoms. The maximum atomic E-state index is 10.9. The molecule has 1 rings (SSSR count). The molecule has 0 radical (unpaired) electrons. The van der Waals surface area contributed by atoms with Gasteiger partial charge >= 0.3 is 5.97 Å². The SMILES string of the molecule is COC(=O)CC(C)n1cc(Cl)cn1. The minimum Gasteiger partial charge on any atom is -0.469 e. The van der Waals surface area contributed by atoms with Crippen molar-refractivity contribution in [2.24, 2.45) is 0 Å². The van der Waals surface area contributed by atoms with Crippen molar-refractivity contribution in [3.63, 3.8) is 0 Å². The van der Waals surface area contributed by atoms with E-state index in [0.717, 1.165) is 0 Å². The van der Waals surface area contributed by atoms with Gasteiger partial charge in [0.05, 0.1) is 30.8 Å². The van der Waals surface area contributed by atoms with E-state index in [-0.39, 0.29) is 12.0 Å². The van der Waals surface area contributed by atoms with Crippen LogP contribution in [0.1, 0.15) is 19.4 Å². The van der Waals surface area contributed by atoms with E-state index in [1.807, 2.05) is 6.92 Å². The molecule has 0 N–H and O–H groups in total. The Hall–Kier alpha value is -1.03. The third kappa shape index (κ3) is 2.73. The molecular weight excluding hydrogens is 192 g/mol. The van der Waals surface area contributed by atoms with Crippen molar-refractivity contribution in [2.75, 3.05) is 7.11 Å². The first-order chi connectivity index (χ1) is 6.13. The lowest BCUT2D eigenvalue weighted by molar-refractivity contribution is -0.141. The molecule has 0 amide bonds. The Kier molecular flexibility index (Phi) is 3.31. The number of methoxy groups -OCH3 is 1. The van der Waals surface area contributed by atoms with Gasteiger partial charge in [-0.2, -0.15) is 5.10 Å². The number of hydrogen-bond acceptors (Lipinski definition) is 3. The monoisotopic (exact) mass is 202 g/mol. The molecule has 0 aromatic carbocycles. The first-order valence-electron chi connectivity index (χ1n) is 3.90. The van der Waals surface area contributed by atoms with E-state index in [0.29, 0.717) is 11.4 Å². The molecule has 0 aliphatic carbocycles. The second kappa shape index (κ2) is 4.28. The highest BCUT2D eigenvalue weighted by Crippen LogP contribution is 2.13. The fourth-order valence-corrected chi connectivity index (χ4v) is 1.12. The van der Waals surface area contributed by atoms with Gasteiger partial charge in [0.1, 0.15) is 0 Å². The summed E-state index contributed by atoms with van der Waals surface area (Å²) in [6, 6.07) is -0.0278. The number of hydrogen-bond donors (Lipinski definition) is 0. The van der Waals surface area contributed by atoms with E-state index < -0.39 is 0 Å². The summed E-state index contributed by atoms with van der Waals surface area (Å²) in [6.07, 6.45) is 3.51. The molecule has 0 saturated heterocycles. The van der Waals surface area contributed by atoms with Crippen molar-refractivity contribution in [1.82, 2.24) is 9.78 Å². The van der Waals surface area contributed by atoms with Gasteiger partial charge in [-0.25, -0.2) is 0 Å². The summed E-state index contributed by atoms with van der Waals surface area (Å²) in [5.41, 5.74) is 0. The minimum absolute atomic E-state index is 0.0278. The first-order valence-corrected chi connectivity index (χ1v) is 4.27. The van der Waals surface area contributed by atoms with Crippen molar-refractivity contribution in [1.29, 1.82) is 0 Å². The summed E-state index contributed by atoms with van der Waals surface area (Å²) in [7, 11) is 1.37. The Morgan fingerprint density at radius 1 is 1.85 bits per heavy atom. The molecule has 72 valence electrons. The predicted octanol–water partition coefficient (Wildman–Crippen LogP) is 1.66. The molecule has 1 unspecified atom stereocenters. The van der Waals surface area contributed by atoms with E-state index in [1.165, 1.54) is 13.3 Å². The third-order valence-corrected chi connectivity index (χ3v) is 1.91. The summed E-state index contributed by atoms with van der Waals surface area (Å²) in [5.74, 6) is -0.251. The highest BCUT2D eigenvalue weighted by molar-refractivity contribution is 6.30. The standard InChI is InChI=1S/C8H11ClN2O2/c1-6(3-8(12)13-2)11-5-7(9)4-10-11/h4-6H,3H2,1-2H3. The van der Waals surface area contributed by atoms with Crippen molar-refractivity contribution >= 4 is 17.6 Å². The Labute approximate surface area is 81.4 Å². The van der Waals surface area contributed by atoms with Gasteiger partial charge in [-0.3, -0.25) is 9.48 Å². The lowest BCUT2D eigenvalue weighted by atomic mass is 10.2.